The molecule has 3 heterocycles. The van der Waals surface area contributed by atoms with Gasteiger partial charge in [-0.15, -0.1) is 5.70 Å². The van der Waals surface area contributed by atoms with Crippen LogP contribution in [0.15, 0.2) is 210 Å². The molecule has 0 aliphatic carbocycles. The monoisotopic (exact) mass is 756 g/mol. The Balaban J connectivity index is 1.14. The third-order valence-corrected chi connectivity index (χ3v) is 10.9. The number of benzene rings is 8. The van der Waals surface area contributed by atoms with Crippen molar-refractivity contribution in [2.45, 2.75) is 6.17 Å². The zero-order valence-corrected chi connectivity index (χ0v) is 31.8. The van der Waals surface area contributed by atoms with Crippen LogP contribution in [0.5, 0.6) is 0 Å². The highest BCUT2D eigenvalue weighted by molar-refractivity contribution is 6.17. The van der Waals surface area contributed by atoms with E-state index in [1.165, 1.54) is 0 Å². The fourth-order valence-corrected chi connectivity index (χ4v) is 8.05. The van der Waals surface area contributed by atoms with Gasteiger partial charge in [0.1, 0.15) is 11.2 Å². The van der Waals surface area contributed by atoms with Gasteiger partial charge in [-0.25, -0.2) is 15.0 Å². The van der Waals surface area contributed by atoms with Crippen molar-refractivity contribution in [3.05, 3.63) is 222 Å². The highest BCUT2D eigenvalue weighted by Gasteiger charge is 2.21. The van der Waals surface area contributed by atoms with Crippen molar-refractivity contribution in [2.24, 2.45) is 4.99 Å². The minimum Gasteiger partial charge on any atom is -0.659 e. The van der Waals surface area contributed by atoms with Gasteiger partial charge in [-0.05, 0) is 56.8 Å². The number of fused-ring (bicyclic) bond motifs is 4. The Morgan fingerprint density at radius 2 is 0.915 bits per heavy atom. The van der Waals surface area contributed by atoms with E-state index in [2.05, 4.69) is 84.9 Å². The van der Waals surface area contributed by atoms with E-state index in [0.717, 1.165) is 88.6 Å². The van der Waals surface area contributed by atoms with E-state index in [-0.39, 0.29) is 6.17 Å². The molecule has 1 aliphatic rings. The van der Waals surface area contributed by atoms with E-state index < -0.39 is 0 Å². The first-order chi connectivity index (χ1) is 29.2. The Labute approximate surface area is 340 Å². The van der Waals surface area contributed by atoms with Crippen molar-refractivity contribution in [2.75, 3.05) is 0 Å². The number of allylic oxidation sites excluding steroid dienone is 1. The molecule has 0 amide bonds. The number of aliphatic imine (C=N–C) groups is 1. The maximum absolute atomic E-state index is 6.54. The molecule has 0 N–H and O–H groups in total. The van der Waals surface area contributed by atoms with Crippen molar-refractivity contribution < 1.29 is 4.42 Å². The molecule has 6 heteroatoms. The number of nitrogens with zero attached hydrogens (tertiary/aromatic N) is 5. The summed E-state index contributed by atoms with van der Waals surface area (Å²) in [5, 5.41) is 9.46. The maximum Gasteiger partial charge on any atom is 0.164 e. The normalized spacial score (nSPS) is 13.9. The van der Waals surface area contributed by atoms with Crippen LogP contribution in [0, 0.1) is 0 Å². The summed E-state index contributed by atoms with van der Waals surface area (Å²) in [6.07, 6.45) is 1.73. The lowest BCUT2D eigenvalue weighted by Gasteiger charge is -2.38. The van der Waals surface area contributed by atoms with Crippen molar-refractivity contribution in [1.82, 2.24) is 15.0 Å². The van der Waals surface area contributed by atoms with E-state index in [1.54, 1.807) is 0 Å². The van der Waals surface area contributed by atoms with Crippen LogP contribution in [0.4, 0.5) is 0 Å². The second-order valence-corrected chi connectivity index (χ2v) is 14.6. The zero-order valence-electron chi connectivity index (χ0n) is 31.8. The van der Waals surface area contributed by atoms with Gasteiger partial charge in [-0.3, -0.25) is 4.99 Å². The molecule has 8 aromatic carbocycles. The number of rotatable bonds is 7. The Morgan fingerprint density at radius 1 is 0.390 bits per heavy atom. The smallest absolute Gasteiger partial charge is 0.164 e. The highest BCUT2D eigenvalue weighted by Crippen LogP contribution is 2.45. The standard InChI is InChI=1S/C53H34N5O/c1-5-17-34(18-6-1)46-33-47(55-50(54-46)35-19-7-2-8-20-35)41-30-29-40(38-25-13-14-26-39(38)41)43-32-49-44(42-27-15-16-28-48(42)59-49)31-45(43)53-57-51(36-21-9-3-10-22-36)56-52(58-53)37-23-11-4-12-24-37/h1-33,50H/q-1. The minimum atomic E-state index is -0.381. The van der Waals surface area contributed by atoms with Gasteiger partial charge in [0, 0.05) is 33.6 Å². The number of hydrogen-bond donors (Lipinski definition) is 0. The molecular weight excluding hydrogens is 723 g/mol. The Morgan fingerprint density at radius 3 is 1.58 bits per heavy atom. The summed E-state index contributed by atoms with van der Waals surface area (Å²) in [7, 11) is 0. The van der Waals surface area contributed by atoms with Crippen molar-refractivity contribution in [3.63, 3.8) is 0 Å². The fourth-order valence-electron chi connectivity index (χ4n) is 8.05. The van der Waals surface area contributed by atoms with E-state index >= 15 is 0 Å². The average Bonchev–Trinajstić information content (AvgIpc) is 3.69. The molecule has 10 aromatic rings. The predicted molar refractivity (Wildman–Crippen MR) is 240 cm³/mol. The molecule has 0 fully saturated rings. The van der Waals surface area contributed by atoms with Crippen LogP contribution >= 0.6 is 0 Å². The topological polar surface area (TPSA) is 78.3 Å². The molecule has 6 nitrogen and oxygen atoms in total. The number of aromatic nitrogens is 3. The molecule has 2 aromatic heterocycles. The van der Waals surface area contributed by atoms with E-state index in [0.29, 0.717) is 17.5 Å². The number of hydrogen-bond acceptors (Lipinski definition) is 5. The van der Waals surface area contributed by atoms with Crippen molar-refractivity contribution in [1.29, 1.82) is 0 Å². The summed E-state index contributed by atoms with van der Waals surface area (Å²) in [5.74, 6) is 1.78. The number of para-hydroxylation sites is 1. The number of furan rings is 1. The first-order valence-electron chi connectivity index (χ1n) is 19.7. The summed E-state index contributed by atoms with van der Waals surface area (Å²) in [6, 6.07) is 66.2. The summed E-state index contributed by atoms with van der Waals surface area (Å²) in [4.78, 5) is 20.6. The summed E-state index contributed by atoms with van der Waals surface area (Å²) in [5.41, 5.74) is 11.2. The summed E-state index contributed by atoms with van der Waals surface area (Å²) < 4.78 is 6.54. The molecule has 1 atom stereocenters. The van der Waals surface area contributed by atoms with Crippen LogP contribution < -0.4 is 0 Å². The second kappa shape index (κ2) is 14.5. The van der Waals surface area contributed by atoms with Crippen LogP contribution in [-0.4, -0.2) is 20.7 Å². The third kappa shape index (κ3) is 6.33. The first-order valence-corrected chi connectivity index (χ1v) is 19.7. The molecule has 0 bridgehead atoms. The molecule has 0 saturated heterocycles. The van der Waals surface area contributed by atoms with E-state index in [4.69, 9.17) is 29.7 Å². The predicted octanol–water partition coefficient (Wildman–Crippen LogP) is 13.5. The maximum atomic E-state index is 6.54. The van der Waals surface area contributed by atoms with E-state index in [9.17, 15) is 0 Å². The van der Waals surface area contributed by atoms with Gasteiger partial charge in [0.05, 0.1) is 5.71 Å². The Hall–Kier alpha value is -7.96. The molecule has 1 aliphatic heterocycles. The van der Waals surface area contributed by atoms with Gasteiger partial charge in [0.15, 0.2) is 17.5 Å². The molecule has 0 saturated carbocycles. The summed E-state index contributed by atoms with van der Waals surface area (Å²) in [6.45, 7) is 0. The molecule has 1 unspecified atom stereocenters. The van der Waals surface area contributed by atoms with Gasteiger partial charge in [-0.1, -0.05) is 182 Å². The molecule has 0 radical (unpaired) electrons. The molecule has 278 valence electrons. The highest BCUT2D eigenvalue weighted by atomic mass is 16.3. The minimum absolute atomic E-state index is 0.381. The van der Waals surface area contributed by atoms with Crippen LogP contribution in [0.1, 0.15) is 22.9 Å². The zero-order chi connectivity index (χ0) is 39.1. The average molecular weight is 757 g/mol. The largest absolute Gasteiger partial charge is 0.659 e. The van der Waals surface area contributed by atoms with Gasteiger partial charge < -0.3 is 9.73 Å². The molecule has 0 spiro atoms. The van der Waals surface area contributed by atoms with Gasteiger partial charge in [0.25, 0.3) is 0 Å². The van der Waals surface area contributed by atoms with Gasteiger partial charge >= 0.3 is 0 Å². The Kier molecular flexibility index (Phi) is 8.44. The van der Waals surface area contributed by atoms with Crippen LogP contribution in [0.2, 0.25) is 0 Å². The van der Waals surface area contributed by atoms with Gasteiger partial charge in [0.2, 0.25) is 0 Å². The van der Waals surface area contributed by atoms with Gasteiger partial charge in [-0.2, -0.15) is 0 Å². The van der Waals surface area contributed by atoms with Crippen molar-refractivity contribution >= 4 is 44.1 Å². The third-order valence-electron chi connectivity index (χ3n) is 10.9. The molecule has 11 rings (SSSR count). The van der Waals surface area contributed by atoms with Crippen LogP contribution in [0.3, 0.4) is 0 Å². The SMILES string of the molecule is C1=C(c2ccc(-c3cc4oc5ccccc5c4cc3-c3nc(-c4ccccc4)nc(-c4ccccc4)n3)c3ccccc23)[N-]C(c2ccccc2)N=C1c1ccccc1. The van der Waals surface area contributed by atoms with Crippen molar-refractivity contribution in [3.8, 4) is 45.3 Å². The lowest BCUT2D eigenvalue weighted by Crippen LogP contribution is -2.09. The van der Waals surface area contributed by atoms with Crippen LogP contribution in [0.25, 0.3) is 89.0 Å². The van der Waals surface area contributed by atoms with Crippen LogP contribution in [-0.2, 0) is 0 Å². The fraction of sp³-hybridized carbons (Fsp3) is 0.0189. The molecular formula is C53H34N5O-. The van der Waals surface area contributed by atoms with E-state index in [1.807, 2.05) is 115 Å². The first kappa shape index (κ1) is 34.3. The molecule has 59 heavy (non-hydrogen) atoms. The Bertz CT molecular complexity index is 3170. The summed E-state index contributed by atoms with van der Waals surface area (Å²) >= 11 is 0. The lowest BCUT2D eigenvalue weighted by atomic mass is 9.89. The lowest BCUT2D eigenvalue weighted by molar-refractivity contribution is 0.669. The quantitative estimate of drug-likeness (QED) is 0.162. The second-order valence-electron chi connectivity index (χ2n) is 14.6.